The second kappa shape index (κ2) is 10.2. The molecule has 0 radical (unpaired) electrons. The highest BCUT2D eigenvalue weighted by molar-refractivity contribution is 5.70. The number of alkyl halides is 1. The van der Waals surface area contributed by atoms with E-state index in [4.69, 9.17) is 9.26 Å². The predicted molar refractivity (Wildman–Crippen MR) is 126 cm³/mol. The minimum Gasteiger partial charge on any atom is -0.489 e. The fraction of sp³-hybridized carbons (Fsp3) is 0.583. The summed E-state index contributed by atoms with van der Waals surface area (Å²) in [6.07, 6.45) is 4.21. The molecule has 0 saturated heterocycles. The van der Waals surface area contributed by atoms with Gasteiger partial charge < -0.3 is 19.7 Å². The van der Waals surface area contributed by atoms with Crippen molar-refractivity contribution < 1.29 is 23.6 Å². The fourth-order valence-corrected chi connectivity index (χ4v) is 4.93. The van der Waals surface area contributed by atoms with Crippen LogP contribution in [0.1, 0.15) is 61.7 Å². The summed E-state index contributed by atoms with van der Waals surface area (Å²) in [6.45, 7) is 1.91. The lowest BCUT2D eigenvalue weighted by Gasteiger charge is -2.30. The number of ether oxygens (including phenoxy) is 1. The van der Waals surface area contributed by atoms with Gasteiger partial charge in [-0.2, -0.15) is 4.98 Å². The Hall–Kier alpha value is -3.57. The molecule has 192 valence electrons. The molecule has 3 aromatic heterocycles. The van der Waals surface area contributed by atoms with Crippen LogP contribution in [0.15, 0.2) is 16.7 Å². The van der Waals surface area contributed by atoms with Gasteiger partial charge in [-0.3, -0.25) is 9.18 Å². The summed E-state index contributed by atoms with van der Waals surface area (Å²) >= 11 is 0. The van der Waals surface area contributed by atoms with Crippen LogP contribution in [0.2, 0.25) is 0 Å². The van der Waals surface area contributed by atoms with Gasteiger partial charge in [0.2, 0.25) is 5.89 Å². The summed E-state index contributed by atoms with van der Waals surface area (Å²) in [4.78, 5) is 20.4. The van der Waals surface area contributed by atoms with Crippen LogP contribution in [0.5, 0.6) is 5.75 Å². The molecule has 0 bridgehead atoms. The molecule has 2 unspecified atom stereocenters. The lowest BCUT2D eigenvalue weighted by Crippen LogP contribution is -2.29. The van der Waals surface area contributed by atoms with E-state index < -0.39 is 5.97 Å². The molecule has 2 fully saturated rings. The topological polar surface area (TPSA) is 141 Å². The van der Waals surface area contributed by atoms with Crippen LogP contribution in [-0.4, -0.2) is 54.0 Å². The van der Waals surface area contributed by atoms with E-state index in [1.165, 1.54) is 0 Å². The summed E-state index contributed by atoms with van der Waals surface area (Å²) in [5.41, 5.74) is 2.76. The first kappa shape index (κ1) is 24.1. The van der Waals surface area contributed by atoms with E-state index in [9.17, 15) is 14.3 Å². The maximum atomic E-state index is 12.7. The van der Waals surface area contributed by atoms with Crippen molar-refractivity contribution >= 4 is 11.9 Å². The Balaban J connectivity index is 1.24. The van der Waals surface area contributed by atoms with Crippen LogP contribution < -0.4 is 10.1 Å². The molecule has 2 N–H and O–H groups in total. The summed E-state index contributed by atoms with van der Waals surface area (Å²) in [6, 6.07) is 3.68. The van der Waals surface area contributed by atoms with Crippen molar-refractivity contribution in [1.29, 1.82) is 0 Å². The zero-order valence-electron chi connectivity index (χ0n) is 20.4. The number of hydrogen-bond acceptors (Lipinski definition) is 9. The van der Waals surface area contributed by atoms with Crippen molar-refractivity contribution in [2.24, 2.45) is 18.9 Å². The van der Waals surface area contributed by atoms with E-state index in [2.05, 4.69) is 30.8 Å². The SMILES string of the molecule is Cc1nc(-c2nnn(C)c2CNc2noc(C3CC(CF)C3)n2)ccc1OC1CCCC(C(=O)O)C1. The highest BCUT2D eigenvalue weighted by Gasteiger charge is 2.34. The third-order valence-corrected chi connectivity index (χ3v) is 7.15. The number of halogens is 1. The highest BCUT2D eigenvalue weighted by atomic mass is 19.1. The number of rotatable bonds is 9. The standard InChI is InChI=1S/C24H30FN7O4/c1-13-20(35-17-5-3-4-15(10-17)23(33)34)7-6-18(27-13)21-19(32(2)31-29-21)12-26-24-28-22(36-30-24)16-8-14(9-16)11-25/h6-7,14-17H,3-5,8-12H2,1-2H3,(H,26,30)(H,33,34). The van der Waals surface area contributed by atoms with Crippen LogP contribution in [0.4, 0.5) is 10.3 Å². The van der Waals surface area contributed by atoms with Crippen LogP contribution in [0.3, 0.4) is 0 Å². The van der Waals surface area contributed by atoms with Gasteiger partial charge in [0.1, 0.15) is 11.4 Å². The maximum Gasteiger partial charge on any atom is 0.306 e. The maximum absolute atomic E-state index is 12.7. The first-order chi connectivity index (χ1) is 17.4. The van der Waals surface area contributed by atoms with Crippen molar-refractivity contribution in [2.45, 2.75) is 64.0 Å². The van der Waals surface area contributed by atoms with E-state index in [1.807, 2.05) is 19.1 Å². The lowest BCUT2D eigenvalue weighted by molar-refractivity contribution is -0.143. The monoisotopic (exact) mass is 499 g/mol. The van der Waals surface area contributed by atoms with E-state index in [-0.39, 0.29) is 30.5 Å². The van der Waals surface area contributed by atoms with Gasteiger partial charge in [0.25, 0.3) is 5.95 Å². The van der Waals surface area contributed by atoms with Crippen LogP contribution in [0, 0.1) is 18.8 Å². The number of aliphatic carboxylic acids is 1. The number of aryl methyl sites for hydroxylation is 2. The summed E-state index contributed by atoms with van der Waals surface area (Å²) in [5.74, 6) is 0.637. The van der Waals surface area contributed by atoms with Crippen LogP contribution in [0.25, 0.3) is 11.4 Å². The molecule has 2 aliphatic carbocycles. The minimum atomic E-state index is -0.761. The fourth-order valence-electron chi connectivity index (χ4n) is 4.93. The minimum absolute atomic E-state index is 0.0958. The molecule has 0 aromatic carbocycles. The largest absolute Gasteiger partial charge is 0.489 e. The van der Waals surface area contributed by atoms with Crippen molar-refractivity contribution in [3.8, 4) is 17.1 Å². The van der Waals surface area contributed by atoms with Crippen molar-refractivity contribution in [2.75, 3.05) is 12.0 Å². The molecular formula is C24H30FN7O4. The van der Waals surface area contributed by atoms with Gasteiger partial charge in [-0.25, -0.2) is 9.67 Å². The quantitative estimate of drug-likeness (QED) is 0.448. The lowest BCUT2D eigenvalue weighted by atomic mass is 9.75. The number of nitrogens with one attached hydrogen (secondary N) is 1. The van der Waals surface area contributed by atoms with Crippen LogP contribution >= 0.6 is 0 Å². The molecule has 5 rings (SSSR count). The Bertz CT molecular complexity index is 1220. The number of carboxylic acid groups (broad SMARTS) is 1. The van der Waals surface area contributed by atoms with Gasteiger partial charge in [-0.05, 0) is 68.7 Å². The first-order valence-electron chi connectivity index (χ1n) is 12.3. The van der Waals surface area contributed by atoms with Crippen molar-refractivity contribution in [3.63, 3.8) is 0 Å². The average molecular weight is 500 g/mol. The number of nitrogens with zero attached hydrogens (tertiary/aromatic N) is 6. The summed E-state index contributed by atoms with van der Waals surface area (Å²) in [5, 5.41) is 24.9. The Kier molecular flexibility index (Phi) is 6.84. The Morgan fingerprint density at radius 1 is 1.28 bits per heavy atom. The van der Waals surface area contributed by atoms with Gasteiger partial charge in [0.05, 0.1) is 42.3 Å². The number of pyridine rings is 1. The third kappa shape index (κ3) is 5.02. The number of anilines is 1. The zero-order chi connectivity index (χ0) is 25.2. The molecule has 12 heteroatoms. The molecule has 2 atom stereocenters. The Labute approximate surface area is 207 Å². The molecule has 36 heavy (non-hydrogen) atoms. The second-order valence-corrected chi connectivity index (χ2v) is 9.73. The van der Waals surface area contributed by atoms with Crippen molar-refractivity contribution in [1.82, 2.24) is 30.1 Å². The molecule has 0 amide bonds. The van der Waals surface area contributed by atoms with Crippen LogP contribution in [-0.2, 0) is 18.4 Å². The van der Waals surface area contributed by atoms with Gasteiger partial charge in [-0.15, -0.1) is 5.10 Å². The first-order valence-corrected chi connectivity index (χ1v) is 12.3. The number of hydrogen-bond donors (Lipinski definition) is 2. The van der Waals surface area contributed by atoms with E-state index in [0.29, 0.717) is 54.1 Å². The Morgan fingerprint density at radius 2 is 2.11 bits per heavy atom. The van der Waals surface area contributed by atoms with Gasteiger partial charge in [0.15, 0.2) is 0 Å². The van der Waals surface area contributed by atoms with E-state index in [0.717, 1.165) is 31.4 Å². The smallest absolute Gasteiger partial charge is 0.306 e. The summed E-state index contributed by atoms with van der Waals surface area (Å²) < 4.78 is 25.8. The third-order valence-electron chi connectivity index (χ3n) is 7.15. The molecule has 2 aliphatic rings. The Morgan fingerprint density at radius 3 is 2.86 bits per heavy atom. The molecule has 3 aromatic rings. The molecule has 2 saturated carbocycles. The normalized spacial score (nSPS) is 23.8. The molecular weight excluding hydrogens is 469 g/mol. The number of carboxylic acids is 1. The van der Waals surface area contributed by atoms with Crippen molar-refractivity contribution in [3.05, 3.63) is 29.4 Å². The molecule has 0 spiro atoms. The van der Waals surface area contributed by atoms with Gasteiger partial charge in [0, 0.05) is 13.0 Å². The van der Waals surface area contributed by atoms with Gasteiger partial charge in [-0.1, -0.05) is 5.21 Å². The summed E-state index contributed by atoms with van der Waals surface area (Å²) in [7, 11) is 1.80. The van der Waals surface area contributed by atoms with Gasteiger partial charge >= 0.3 is 5.97 Å². The average Bonchev–Trinajstić information content (AvgIpc) is 3.45. The van der Waals surface area contributed by atoms with E-state index in [1.54, 1.807) is 11.7 Å². The second-order valence-electron chi connectivity index (χ2n) is 9.73. The molecule has 0 aliphatic heterocycles. The zero-order valence-corrected chi connectivity index (χ0v) is 20.4. The van der Waals surface area contributed by atoms with E-state index >= 15 is 0 Å². The number of carbonyl (C=O) groups is 1. The number of aromatic nitrogens is 6. The highest BCUT2D eigenvalue weighted by Crippen LogP contribution is 2.41. The molecule has 11 nitrogen and oxygen atoms in total. The molecule has 3 heterocycles. The predicted octanol–water partition coefficient (Wildman–Crippen LogP) is 3.67.